The van der Waals surface area contributed by atoms with Crippen molar-refractivity contribution in [3.05, 3.63) is 83.2 Å². The topological polar surface area (TPSA) is 47.4 Å². The summed E-state index contributed by atoms with van der Waals surface area (Å²) in [5.74, 6) is 0.0927. The van der Waals surface area contributed by atoms with Crippen LogP contribution in [0.25, 0.3) is 16.7 Å². The van der Waals surface area contributed by atoms with Gasteiger partial charge in [-0.3, -0.25) is 9.58 Å². The van der Waals surface area contributed by atoms with Gasteiger partial charge in [-0.05, 0) is 60.4 Å². The van der Waals surface area contributed by atoms with Gasteiger partial charge in [-0.25, -0.2) is 4.79 Å². The minimum Gasteiger partial charge on any atom is -0.448 e. The van der Waals surface area contributed by atoms with E-state index < -0.39 is 0 Å². The normalized spacial score (nSPS) is 21.4. The SMILES string of the molecule is Cc1nn(C)cc1C1=CC2CCCC(C1)N2C(=O)OCC1c2ccccc2-c2ccccc21. The van der Waals surface area contributed by atoms with E-state index >= 15 is 0 Å². The minimum absolute atomic E-state index is 0.0927. The Kier molecular flexibility index (Phi) is 4.86. The predicted molar refractivity (Wildman–Crippen MR) is 129 cm³/mol. The first-order chi connectivity index (χ1) is 16.1. The zero-order valence-corrected chi connectivity index (χ0v) is 19.2. The molecule has 6 rings (SSSR count). The quantitative estimate of drug-likeness (QED) is 0.527. The summed E-state index contributed by atoms with van der Waals surface area (Å²) < 4.78 is 7.90. The van der Waals surface area contributed by atoms with Gasteiger partial charge in [0.05, 0.1) is 11.7 Å². The molecule has 1 aromatic heterocycles. The summed E-state index contributed by atoms with van der Waals surface area (Å²) >= 11 is 0. The second-order valence-corrected chi connectivity index (χ2v) is 9.56. The van der Waals surface area contributed by atoms with Crippen molar-refractivity contribution in [2.75, 3.05) is 6.61 Å². The number of benzene rings is 2. The first-order valence-electron chi connectivity index (χ1n) is 11.9. The minimum atomic E-state index is -0.176. The highest BCUT2D eigenvalue weighted by atomic mass is 16.6. The van der Waals surface area contributed by atoms with Gasteiger partial charge in [0, 0.05) is 30.8 Å². The largest absolute Gasteiger partial charge is 0.448 e. The van der Waals surface area contributed by atoms with E-state index in [1.807, 2.05) is 16.6 Å². The fourth-order valence-corrected chi connectivity index (χ4v) is 6.10. The molecule has 5 heteroatoms. The van der Waals surface area contributed by atoms with Crippen LogP contribution in [0.2, 0.25) is 0 Å². The lowest BCUT2D eigenvalue weighted by Gasteiger charge is -2.44. The van der Waals surface area contributed by atoms with E-state index in [1.165, 1.54) is 33.4 Å². The molecule has 1 amide bonds. The Morgan fingerprint density at radius 2 is 1.73 bits per heavy atom. The van der Waals surface area contributed by atoms with Crippen molar-refractivity contribution in [2.45, 2.75) is 50.6 Å². The summed E-state index contributed by atoms with van der Waals surface area (Å²) in [5.41, 5.74) is 8.59. The molecule has 0 N–H and O–H groups in total. The van der Waals surface area contributed by atoms with Crippen molar-refractivity contribution in [3.8, 4) is 11.1 Å². The molecule has 3 heterocycles. The zero-order valence-electron chi connectivity index (χ0n) is 19.2. The third kappa shape index (κ3) is 3.38. The molecule has 168 valence electrons. The van der Waals surface area contributed by atoms with Gasteiger partial charge in [0.25, 0.3) is 0 Å². The number of nitrogens with zero attached hydrogens (tertiary/aromatic N) is 3. The average Bonchev–Trinajstić information content (AvgIpc) is 3.32. The Bertz CT molecular complexity index is 1210. The van der Waals surface area contributed by atoms with Gasteiger partial charge >= 0.3 is 6.09 Å². The van der Waals surface area contributed by atoms with Crippen LogP contribution in [0.5, 0.6) is 0 Å². The standard InChI is InChI=1S/C28H29N3O2/c1-18-26(16-30(2)29-18)19-14-20-8-7-9-21(15-19)31(20)28(32)33-17-27-24-12-5-3-10-22(24)23-11-4-6-13-25(23)27/h3-6,10-14,16,20-21,27H,7-9,15,17H2,1-2H3. The van der Waals surface area contributed by atoms with E-state index in [0.29, 0.717) is 6.61 Å². The molecule has 33 heavy (non-hydrogen) atoms. The highest BCUT2D eigenvalue weighted by Gasteiger charge is 2.39. The number of hydrogen-bond donors (Lipinski definition) is 0. The number of carbonyl (C=O) groups is 1. The Morgan fingerprint density at radius 3 is 2.36 bits per heavy atom. The van der Waals surface area contributed by atoms with Gasteiger partial charge in [-0.15, -0.1) is 0 Å². The lowest BCUT2D eigenvalue weighted by molar-refractivity contribution is 0.0539. The van der Waals surface area contributed by atoms with E-state index in [9.17, 15) is 4.79 Å². The van der Waals surface area contributed by atoms with Crippen LogP contribution in [0.15, 0.2) is 60.8 Å². The van der Waals surface area contributed by atoms with E-state index in [1.54, 1.807) is 0 Å². The van der Waals surface area contributed by atoms with Crippen molar-refractivity contribution in [3.63, 3.8) is 0 Å². The molecule has 1 saturated heterocycles. The van der Waals surface area contributed by atoms with Crippen molar-refractivity contribution in [2.24, 2.45) is 7.05 Å². The maximum absolute atomic E-state index is 13.4. The maximum Gasteiger partial charge on any atom is 0.410 e. The van der Waals surface area contributed by atoms with Crippen LogP contribution in [0.3, 0.4) is 0 Å². The number of aryl methyl sites for hydroxylation is 2. The molecule has 2 atom stereocenters. The molecule has 2 unspecified atom stereocenters. The second-order valence-electron chi connectivity index (χ2n) is 9.56. The molecule has 2 aliphatic heterocycles. The summed E-state index contributed by atoms with van der Waals surface area (Å²) in [6.07, 6.45) is 8.23. The number of carbonyl (C=O) groups excluding carboxylic acids is 1. The summed E-state index contributed by atoms with van der Waals surface area (Å²) in [4.78, 5) is 15.4. The highest BCUT2D eigenvalue weighted by Crippen LogP contribution is 2.45. The molecule has 5 nitrogen and oxygen atoms in total. The fourth-order valence-electron chi connectivity index (χ4n) is 6.10. The van der Waals surface area contributed by atoms with Crippen LogP contribution in [0.4, 0.5) is 4.79 Å². The summed E-state index contributed by atoms with van der Waals surface area (Å²) in [7, 11) is 1.96. The van der Waals surface area contributed by atoms with Gasteiger partial charge in [0.15, 0.2) is 0 Å². The van der Waals surface area contributed by atoms with Gasteiger partial charge in [-0.1, -0.05) is 54.6 Å². The van der Waals surface area contributed by atoms with Gasteiger partial charge in [0.1, 0.15) is 6.61 Å². The van der Waals surface area contributed by atoms with Crippen molar-refractivity contribution >= 4 is 11.7 Å². The van der Waals surface area contributed by atoms with E-state index in [2.05, 4.69) is 72.8 Å². The predicted octanol–water partition coefficient (Wildman–Crippen LogP) is 5.69. The van der Waals surface area contributed by atoms with Crippen molar-refractivity contribution in [1.82, 2.24) is 14.7 Å². The van der Waals surface area contributed by atoms with Gasteiger partial charge < -0.3 is 4.74 Å². The molecular formula is C28H29N3O2. The number of rotatable bonds is 3. The Balaban J connectivity index is 1.23. The smallest absolute Gasteiger partial charge is 0.410 e. The molecular weight excluding hydrogens is 410 g/mol. The molecule has 1 fully saturated rings. The molecule has 1 aliphatic carbocycles. The third-order valence-corrected chi connectivity index (χ3v) is 7.54. The number of hydrogen-bond acceptors (Lipinski definition) is 3. The fraction of sp³-hybridized carbons (Fsp3) is 0.357. The van der Waals surface area contributed by atoms with E-state index in [0.717, 1.165) is 31.4 Å². The lowest BCUT2D eigenvalue weighted by Crippen LogP contribution is -2.51. The molecule has 3 aliphatic rings. The maximum atomic E-state index is 13.4. The summed E-state index contributed by atoms with van der Waals surface area (Å²) in [5, 5.41) is 4.52. The third-order valence-electron chi connectivity index (χ3n) is 7.54. The number of fused-ring (bicyclic) bond motifs is 5. The lowest BCUT2D eigenvalue weighted by atomic mass is 9.83. The van der Waals surface area contributed by atoms with Crippen LogP contribution in [0.1, 0.15) is 54.0 Å². The van der Waals surface area contributed by atoms with Crippen LogP contribution in [0, 0.1) is 6.92 Å². The van der Waals surface area contributed by atoms with Gasteiger partial charge in [0.2, 0.25) is 0 Å². The van der Waals surface area contributed by atoms with Crippen LogP contribution >= 0.6 is 0 Å². The molecule has 0 saturated carbocycles. The average molecular weight is 440 g/mol. The molecule has 0 spiro atoms. The number of aromatic nitrogens is 2. The summed E-state index contributed by atoms with van der Waals surface area (Å²) in [6.45, 7) is 2.44. The number of ether oxygens (including phenoxy) is 1. The van der Waals surface area contributed by atoms with Crippen molar-refractivity contribution < 1.29 is 9.53 Å². The van der Waals surface area contributed by atoms with Crippen molar-refractivity contribution in [1.29, 1.82) is 0 Å². The van der Waals surface area contributed by atoms with E-state index in [-0.39, 0.29) is 24.1 Å². The first kappa shape index (κ1) is 20.3. The Morgan fingerprint density at radius 1 is 1.03 bits per heavy atom. The zero-order chi connectivity index (χ0) is 22.5. The van der Waals surface area contributed by atoms with Crippen LogP contribution < -0.4 is 0 Å². The molecule has 2 bridgehead atoms. The Hall–Kier alpha value is -3.34. The van der Waals surface area contributed by atoms with Gasteiger partial charge in [-0.2, -0.15) is 5.10 Å². The number of piperidine rings is 1. The molecule has 0 radical (unpaired) electrons. The Labute approximate surface area is 194 Å². The van der Waals surface area contributed by atoms with Crippen LogP contribution in [-0.2, 0) is 11.8 Å². The monoisotopic (exact) mass is 439 g/mol. The second kappa shape index (κ2) is 7.91. The highest BCUT2D eigenvalue weighted by molar-refractivity contribution is 5.79. The first-order valence-corrected chi connectivity index (χ1v) is 11.9. The molecule has 3 aromatic rings. The molecule has 2 aromatic carbocycles. The summed E-state index contributed by atoms with van der Waals surface area (Å²) in [6, 6.07) is 17.2. The van der Waals surface area contributed by atoms with Crippen LogP contribution in [-0.4, -0.2) is 39.5 Å². The van der Waals surface area contributed by atoms with E-state index in [4.69, 9.17) is 4.74 Å². The number of amides is 1.